The molecule has 0 aliphatic heterocycles. The van der Waals surface area contributed by atoms with Gasteiger partial charge in [0.15, 0.2) is 0 Å². The summed E-state index contributed by atoms with van der Waals surface area (Å²) >= 11 is 0. The Morgan fingerprint density at radius 3 is 2.55 bits per heavy atom. The first-order valence-corrected chi connectivity index (χ1v) is 5.29. The lowest BCUT2D eigenvalue weighted by atomic mass is 9.82. The van der Waals surface area contributed by atoms with Crippen molar-refractivity contribution in [1.29, 1.82) is 0 Å². The summed E-state index contributed by atoms with van der Waals surface area (Å²) in [6.07, 6.45) is 7.29. The van der Waals surface area contributed by atoms with E-state index < -0.39 is 0 Å². The average Bonchev–Trinajstić information content (AvgIpc) is 2.50. The van der Waals surface area contributed by atoms with Crippen LogP contribution >= 0.6 is 0 Å². The van der Waals surface area contributed by atoms with Crippen molar-refractivity contribution in [2.24, 2.45) is 17.8 Å². The van der Waals surface area contributed by atoms with Crippen LogP contribution in [-0.4, -0.2) is 0 Å². The van der Waals surface area contributed by atoms with Crippen LogP contribution in [0.15, 0.2) is 0 Å². The Kier molecular flexibility index (Phi) is 3.42. The fourth-order valence-corrected chi connectivity index (χ4v) is 2.62. The molecule has 0 aromatic carbocycles. The summed E-state index contributed by atoms with van der Waals surface area (Å²) < 4.78 is 0. The molecule has 0 aromatic rings. The Balaban J connectivity index is 2.42. The van der Waals surface area contributed by atoms with Gasteiger partial charge in [0.25, 0.3) is 0 Å². The van der Waals surface area contributed by atoms with Gasteiger partial charge in [-0.05, 0) is 24.2 Å². The van der Waals surface area contributed by atoms with E-state index in [1.165, 1.54) is 32.1 Å². The predicted octanol–water partition coefficient (Wildman–Crippen LogP) is 3.86. The lowest BCUT2D eigenvalue weighted by molar-refractivity contribution is 0.266. The molecule has 1 aliphatic carbocycles. The minimum atomic E-state index is 0.974. The zero-order valence-electron chi connectivity index (χ0n) is 8.27. The van der Waals surface area contributed by atoms with Crippen molar-refractivity contribution in [1.82, 2.24) is 0 Å². The summed E-state index contributed by atoms with van der Waals surface area (Å²) in [6, 6.07) is 0. The first-order valence-electron chi connectivity index (χ1n) is 5.29. The number of rotatable bonds is 3. The Labute approximate surface area is 71.4 Å². The molecule has 3 unspecified atom stereocenters. The quantitative estimate of drug-likeness (QED) is 0.579. The average molecular weight is 154 g/mol. The van der Waals surface area contributed by atoms with Gasteiger partial charge in [-0.3, -0.25) is 0 Å². The molecule has 0 amide bonds. The minimum absolute atomic E-state index is 0.974. The molecule has 1 rings (SSSR count). The van der Waals surface area contributed by atoms with Gasteiger partial charge in [-0.1, -0.05) is 46.5 Å². The van der Waals surface area contributed by atoms with Gasteiger partial charge in [-0.15, -0.1) is 0 Å². The monoisotopic (exact) mass is 154 g/mol. The first kappa shape index (κ1) is 9.09. The summed E-state index contributed by atoms with van der Waals surface area (Å²) in [5.41, 5.74) is 0. The van der Waals surface area contributed by atoms with Gasteiger partial charge in [0.05, 0.1) is 0 Å². The van der Waals surface area contributed by atoms with E-state index in [0.29, 0.717) is 0 Å². The van der Waals surface area contributed by atoms with Crippen molar-refractivity contribution in [2.45, 2.75) is 52.9 Å². The van der Waals surface area contributed by atoms with Crippen LogP contribution in [0.3, 0.4) is 0 Å². The molecule has 0 saturated heterocycles. The molecule has 3 atom stereocenters. The van der Waals surface area contributed by atoms with Gasteiger partial charge in [-0.2, -0.15) is 0 Å². The molecule has 0 bridgehead atoms. The zero-order chi connectivity index (χ0) is 8.27. The maximum absolute atomic E-state index is 2.43. The van der Waals surface area contributed by atoms with E-state index >= 15 is 0 Å². The molecule has 0 N–H and O–H groups in total. The second-order valence-electron chi connectivity index (χ2n) is 4.15. The predicted molar refractivity (Wildman–Crippen MR) is 50.6 cm³/mol. The van der Waals surface area contributed by atoms with E-state index in [4.69, 9.17) is 0 Å². The second kappa shape index (κ2) is 4.13. The molecule has 0 radical (unpaired) electrons. The van der Waals surface area contributed by atoms with Crippen LogP contribution in [0.25, 0.3) is 0 Å². The van der Waals surface area contributed by atoms with Crippen LogP contribution < -0.4 is 0 Å². The highest BCUT2D eigenvalue weighted by atomic mass is 14.3. The first-order chi connectivity index (χ1) is 5.29. The Morgan fingerprint density at radius 1 is 1.27 bits per heavy atom. The Hall–Kier alpha value is 0. The molecule has 0 heteroatoms. The summed E-state index contributed by atoms with van der Waals surface area (Å²) in [5, 5.41) is 0. The molecule has 11 heavy (non-hydrogen) atoms. The van der Waals surface area contributed by atoms with Gasteiger partial charge < -0.3 is 0 Å². The summed E-state index contributed by atoms with van der Waals surface area (Å²) in [6.45, 7) is 7.11. The highest BCUT2D eigenvalue weighted by Gasteiger charge is 2.28. The third-order valence-electron chi connectivity index (χ3n) is 3.62. The number of hydrogen-bond donors (Lipinski definition) is 0. The molecule has 1 aliphatic rings. The van der Waals surface area contributed by atoms with Crippen molar-refractivity contribution < 1.29 is 0 Å². The van der Waals surface area contributed by atoms with Gasteiger partial charge >= 0.3 is 0 Å². The van der Waals surface area contributed by atoms with Crippen LogP contribution in [0.4, 0.5) is 0 Å². The third kappa shape index (κ3) is 1.98. The fraction of sp³-hybridized carbons (Fsp3) is 1.00. The van der Waals surface area contributed by atoms with E-state index in [9.17, 15) is 0 Å². The molecule has 0 heterocycles. The Morgan fingerprint density at radius 2 is 2.00 bits per heavy atom. The molecule has 1 fully saturated rings. The zero-order valence-corrected chi connectivity index (χ0v) is 8.27. The summed E-state index contributed by atoms with van der Waals surface area (Å²) in [7, 11) is 0. The topological polar surface area (TPSA) is 0 Å². The maximum atomic E-state index is 2.43. The van der Waals surface area contributed by atoms with Crippen LogP contribution in [0.5, 0.6) is 0 Å². The van der Waals surface area contributed by atoms with Gasteiger partial charge in [0.1, 0.15) is 0 Å². The summed E-state index contributed by atoms with van der Waals surface area (Å²) in [4.78, 5) is 0. The molecule has 1 saturated carbocycles. The van der Waals surface area contributed by atoms with Crippen LogP contribution in [0.1, 0.15) is 52.9 Å². The van der Waals surface area contributed by atoms with Gasteiger partial charge in [0.2, 0.25) is 0 Å². The van der Waals surface area contributed by atoms with E-state index in [1.807, 2.05) is 0 Å². The van der Waals surface area contributed by atoms with Crippen molar-refractivity contribution >= 4 is 0 Å². The van der Waals surface area contributed by atoms with Crippen LogP contribution in [0.2, 0.25) is 0 Å². The van der Waals surface area contributed by atoms with E-state index in [2.05, 4.69) is 20.8 Å². The van der Waals surface area contributed by atoms with Gasteiger partial charge in [0, 0.05) is 0 Å². The van der Waals surface area contributed by atoms with E-state index in [0.717, 1.165) is 17.8 Å². The van der Waals surface area contributed by atoms with Crippen molar-refractivity contribution in [3.05, 3.63) is 0 Å². The summed E-state index contributed by atoms with van der Waals surface area (Å²) in [5.74, 6) is 3.09. The SMILES string of the molecule is CCC(C)C1CCCC1CC. The second-order valence-corrected chi connectivity index (χ2v) is 4.15. The molecular formula is C11H22. The van der Waals surface area contributed by atoms with Crippen molar-refractivity contribution in [2.75, 3.05) is 0 Å². The lowest BCUT2D eigenvalue weighted by Gasteiger charge is -2.23. The van der Waals surface area contributed by atoms with E-state index in [-0.39, 0.29) is 0 Å². The van der Waals surface area contributed by atoms with Crippen LogP contribution in [0, 0.1) is 17.8 Å². The third-order valence-corrected chi connectivity index (χ3v) is 3.62. The Bertz CT molecular complexity index is 107. The maximum Gasteiger partial charge on any atom is -0.0360 e. The molecule has 0 nitrogen and oxygen atoms in total. The van der Waals surface area contributed by atoms with Gasteiger partial charge in [-0.25, -0.2) is 0 Å². The normalized spacial score (nSPS) is 34.1. The lowest BCUT2D eigenvalue weighted by Crippen LogP contribution is -2.15. The van der Waals surface area contributed by atoms with E-state index in [1.54, 1.807) is 0 Å². The molecule has 0 spiro atoms. The minimum Gasteiger partial charge on any atom is -0.0651 e. The smallest absolute Gasteiger partial charge is 0.0360 e. The fourth-order valence-electron chi connectivity index (χ4n) is 2.62. The van der Waals surface area contributed by atoms with Crippen molar-refractivity contribution in [3.63, 3.8) is 0 Å². The molecule has 0 aromatic heterocycles. The molecule has 66 valence electrons. The highest BCUT2D eigenvalue weighted by molar-refractivity contribution is 4.79. The molecular weight excluding hydrogens is 132 g/mol. The van der Waals surface area contributed by atoms with Crippen molar-refractivity contribution in [3.8, 4) is 0 Å². The highest BCUT2D eigenvalue weighted by Crippen LogP contribution is 2.39. The largest absolute Gasteiger partial charge is 0.0651 e. The standard InChI is InChI=1S/C11H22/c1-4-9(3)11-8-6-7-10(11)5-2/h9-11H,4-8H2,1-3H3. The number of hydrogen-bond acceptors (Lipinski definition) is 0. The van der Waals surface area contributed by atoms with Crippen LogP contribution in [-0.2, 0) is 0 Å².